The van der Waals surface area contributed by atoms with Gasteiger partial charge in [-0.3, -0.25) is 0 Å². The van der Waals surface area contributed by atoms with E-state index in [2.05, 4.69) is 27.7 Å². The van der Waals surface area contributed by atoms with Gasteiger partial charge in [0.2, 0.25) is 0 Å². The summed E-state index contributed by atoms with van der Waals surface area (Å²) in [6.07, 6.45) is 2.73. The molecule has 0 heterocycles. The summed E-state index contributed by atoms with van der Waals surface area (Å²) in [6.45, 7) is 9.60. The second-order valence-electron chi connectivity index (χ2n) is 4.59. The molecule has 0 saturated heterocycles. The van der Waals surface area contributed by atoms with Gasteiger partial charge in [-0.25, -0.2) is 0 Å². The maximum Gasteiger partial charge on any atom is 0.0598 e. The van der Waals surface area contributed by atoms with Gasteiger partial charge in [-0.05, 0) is 39.0 Å². The molecule has 2 atom stereocenters. The van der Waals surface area contributed by atoms with Crippen LogP contribution in [0.1, 0.15) is 40.5 Å². The van der Waals surface area contributed by atoms with Crippen molar-refractivity contribution in [1.82, 2.24) is 0 Å². The van der Waals surface area contributed by atoms with Crippen LogP contribution in [0.3, 0.4) is 0 Å². The Morgan fingerprint density at radius 3 is 2.27 bits per heavy atom. The molecule has 0 aliphatic heterocycles. The van der Waals surface area contributed by atoms with Gasteiger partial charge < -0.3 is 4.74 Å². The van der Waals surface area contributed by atoms with Crippen LogP contribution in [-0.4, -0.2) is 12.2 Å². The molecular formula is C10H20O. The first-order chi connectivity index (χ1) is 5.03. The molecule has 0 N–H and O–H groups in total. The third-order valence-electron chi connectivity index (χ3n) is 2.32. The SMILES string of the molecule is CCC1CC1COC(C)(C)C. The molecule has 11 heavy (non-hydrogen) atoms. The van der Waals surface area contributed by atoms with Crippen molar-refractivity contribution in [2.75, 3.05) is 6.61 Å². The summed E-state index contributed by atoms with van der Waals surface area (Å²) in [4.78, 5) is 0. The topological polar surface area (TPSA) is 9.23 Å². The minimum Gasteiger partial charge on any atom is -0.376 e. The van der Waals surface area contributed by atoms with E-state index in [0.29, 0.717) is 0 Å². The summed E-state index contributed by atoms with van der Waals surface area (Å²) in [5, 5.41) is 0. The van der Waals surface area contributed by atoms with Crippen molar-refractivity contribution < 1.29 is 4.74 Å². The van der Waals surface area contributed by atoms with Gasteiger partial charge >= 0.3 is 0 Å². The molecule has 1 aliphatic rings. The summed E-state index contributed by atoms with van der Waals surface area (Å²) in [5.41, 5.74) is 0.0564. The fourth-order valence-corrected chi connectivity index (χ4v) is 1.37. The van der Waals surface area contributed by atoms with Crippen molar-refractivity contribution in [3.8, 4) is 0 Å². The molecular weight excluding hydrogens is 136 g/mol. The first-order valence-electron chi connectivity index (χ1n) is 4.67. The van der Waals surface area contributed by atoms with Crippen molar-refractivity contribution in [3.05, 3.63) is 0 Å². The van der Waals surface area contributed by atoms with Gasteiger partial charge in [0.05, 0.1) is 12.2 Å². The van der Waals surface area contributed by atoms with E-state index in [1.54, 1.807) is 0 Å². The van der Waals surface area contributed by atoms with E-state index in [9.17, 15) is 0 Å². The normalized spacial score (nSPS) is 30.5. The lowest BCUT2D eigenvalue weighted by Crippen LogP contribution is -2.20. The smallest absolute Gasteiger partial charge is 0.0598 e. The Morgan fingerprint density at radius 2 is 1.91 bits per heavy atom. The van der Waals surface area contributed by atoms with Crippen LogP contribution >= 0.6 is 0 Å². The van der Waals surface area contributed by atoms with E-state index in [4.69, 9.17) is 4.74 Å². The lowest BCUT2D eigenvalue weighted by molar-refractivity contribution is -0.0106. The van der Waals surface area contributed by atoms with E-state index < -0.39 is 0 Å². The first-order valence-corrected chi connectivity index (χ1v) is 4.67. The molecule has 0 spiro atoms. The number of ether oxygens (including phenoxy) is 1. The summed E-state index contributed by atoms with van der Waals surface area (Å²) in [7, 11) is 0. The zero-order valence-corrected chi connectivity index (χ0v) is 8.18. The summed E-state index contributed by atoms with van der Waals surface area (Å²) in [5.74, 6) is 1.84. The Kier molecular flexibility index (Phi) is 2.58. The summed E-state index contributed by atoms with van der Waals surface area (Å²) < 4.78 is 5.69. The third kappa shape index (κ3) is 3.24. The fourth-order valence-electron chi connectivity index (χ4n) is 1.37. The van der Waals surface area contributed by atoms with Gasteiger partial charge in [0.1, 0.15) is 0 Å². The second-order valence-corrected chi connectivity index (χ2v) is 4.59. The van der Waals surface area contributed by atoms with Crippen LogP contribution in [0, 0.1) is 11.8 Å². The zero-order valence-electron chi connectivity index (χ0n) is 8.18. The number of rotatable bonds is 3. The predicted molar refractivity (Wildman–Crippen MR) is 47.6 cm³/mol. The largest absolute Gasteiger partial charge is 0.376 e. The van der Waals surface area contributed by atoms with Crippen LogP contribution in [-0.2, 0) is 4.74 Å². The Morgan fingerprint density at radius 1 is 1.27 bits per heavy atom. The van der Waals surface area contributed by atoms with Gasteiger partial charge in [0, 0.05) is 0 Å². The fraction of sp³-hybridized carbons (Fsp3) is 1.00. The molecule has 1 heteroatoms. The Hall–Kier alpha value is -0.0400. The molecule has 0 radical (unpaired) electrons. The molecule has 0 aromatic rings. The summed E-state index contributed by atoms with van der Waals surface area (Å²) >= 11 is 0. The molecule has 0 aromatic heterocycles. The summed E-state index contributed by atoms with van der Waals surface area (Å²) in [6, 6.07) is 0. The minimum atomic E-state index is 0.0564. The number of hydrogen-bond donors (Lipinski definition) is 0. The maximum absolute atomic E-state index is 5.69. The molecule has 0 aromatic carbocycles. The molecule has 1 rings (SSSR count). The van der Waals surface area contributed by atoms with E-state index in [-0.39, 0.29) is 5.60 Å². The average molecular weight is 156 g/mol. The Balaban J connectivity index is 2.06. The highest BCUT2D eigenvalue weighted by Crippen LogP contribution is 2.41. The molecule has 1 saturated carbocycles. The molecule has 1 nitrogen and oxygen atoms in total. The highest BCUT2D eigenvalue weighted by Gasteiger charge is 2.35. The van der Waals surface area contributed by atoms with Gasteiger partial charge in [0.25, 0.3) is 0 Å². The minimum absolute atomic E-state index is 0.0564. The number of hydrogen-bond acceptors (Lipinski definition) is 1. The molecule has 1 fully saturated rings. The lowest BCUT2D eigenvalue weighted by Gasteiger charge is -2.19. The average Bonchev–Trinajstić information content (AvgIpc) is 2.60. The molecule has 0 amide bonds. The van der Waals surface area contributed by atoms with Crippen LogP contribution in [0.2, 0.25) is 0 Å². The highest BCUT2D eigenvalue weighted by atomic mass is 16.5. The third-order valence-corrected chi connectivity index (χ3v) is 2.32. The van der Waals surface area contributed by atoms with Crippen molar-refractivity contribution in [3.63, 3.8) is 0 Å². The van der Waals surface area contributed by atoms with E-state index in [1.807, 2.05) is 0 Å². The molecule has 2 unspecified atom stereocenters. The van der Waals surface area contributed by atoms with E-state index in [1.165, 1.54) is 12.8 Å². The van der Waals surface area contributed by atoms with Crippen LogP contribution in [0.5, 0.6) is 0 Å². The molecule has 1 aliphatic carbocycles. The Labute approximate surface area is 70.1 Å². The van der Waals surface area contributed by atoms with E-state index >= 15 is 0 Å². The van der Waals surface area contributed by atoms with Gasteiger partial charge in [-0.15, -0.1) is 0 Å². The van der Waals surface area contributed by atoms with Gasteiger partial charge in [0.15, 0.2) is 0 Å². The monoisotopic (exact) mass is 156 g/mol. The Bertz CT molecular complexity index is 123. The van der Waals surface area contributed by atoms with Crippen molar-refractivity contribution >= 4 is 0 Å². The standard InChI is InChI=1S/C10H20O/c1-5-8-6-9(8)7-11-10(2,3)4/h8-9H,5-7H2,1-4H3. The van der Waals surface area contributed by atoms with Gasteiger partial charge in [-0.1, -0.05) is 13.3 Å². The molecule has 0 bridgehead atoms. The highest BCUT2D eigenvalue weighted by molar-refractivity contribution is 4.85. The van der Waals surface area contributed by atoms with E-state index in [0.717, 1.165) is 18.4 Å². The zero-order chi connectivity index (χ0) is 8.48. The van der Waals surface area contributed by atoms with Crippen molar-refractivity contribution in [1.29, 1.82) is 0 Å². The van der Waals surface area contributed by atoms with Crippen LogP contribution in [0.25, 0.3) is 0 Å². The van der Waals surface area contributed by atoms with Crippen molar-refractivity contribution in [2.45, 2.75) is 46.1 Å². The van der Waals surface area contributed by atoms with Gasteiger partial charge in [-0.2, -0.15) is 0 Å². The quantitative estimate of drug-likeness (QED) is 0.610. The second kappa shape index (κ2) is 3.14. The van der Waals surface area contributed by atoms with Crippen LogP contribution in [0.4, 0.5) is 0 Å². The lowest BCUT2D eigenvalue weighted by atomic mass is 10.2. The maximum atomic E-state index is 5.69. The molecule has 66 valence electrons. The van der Waals surface area contributed by atoms with Crippen LogP contribution in [0.15, 0.2) is 0 Å². The first kappa shape index (κ1) is 9.05. The predicted octanol–water partition coefficient (Wildman–Crippen LogP) is 2.85. The van der Waals surface area contributed by atoms with Crippen molar-refractivity contribution in [2.24, 2.45) is 11.8 Å². The van der Waals surface area contributed by atoms with Crippen LogP contribution < -0.4 is 0 Å².